The van der Waals surface area contributed by atoms with Gasteiger partial charge in [-0.3, -0.25) is 14.8 Å². The summed E-state index contributed by atoms with van der Waals surface area (Å²) in [6.07, 6.45) is 1.20. The molecule has 0 unspecified atom stereocenters. The van der Waals surface area contributed by atoms with Crippen LogP contribution in [0.15, 0.2) is 29.2 Å². The Balaban J connectivity index is 2.74. The van der Waals surface area contributed by atoms with Crippen LogP contribution in [-0.4, -0.2) is 17.7 Å². The quantitative estimate of drug-likeness (QED) is 0.256. The standard InChI is InChI=1S/C8H9N3O2S/c9-5-6-10-14-8-4-2-1-3-7(8)11(12)13/h1-5,9-10H,6H2. The maximum atomic E-state index is 10.6. The SMILES string of the molecule is N=CCNSc1ccccc1[N+](=O)[O-]. The second-order valence-electron chi connectivity index (χ2n) is 2.38. The van der Waals surface area contributed by atoms with Gasteiger partial charge in [0.05, 0.1) is 4.92 Å². The van der Waals surface area contributed by atoms with Crippen LogP contribution in [0.2, 0.25) is 0 Å². The molecule has 0 fully saturated rings. The first-order chi connectivity index (χ1) is 6.75. The highest BCUT2D eigenvalue weighted by atomic mass is 32.2. The lowest BCUT2D eigenvalue weighted by atomic mass is 10.3. The Kier molecular flexibility index (Phi) is 4.09. The van der Waals surface area contributed by atoms with Crippen LogP contribution in [0.5, 0.6) is 0 Å². The molecule has 6 heteroatoms. The molecule has 0 heterocycles. The largest absolute Gasteiger partial charge is 0.312 e. The third kappa shape index (κ3) is 2.82. The summed E-state index contributed by atoms with van der Waals surface area (Å²) in [6.45, 7) is 0.386. The highest BCUT2D eigenvalue weighted by Crippen LogP contribution is 2.25. The van der Waals surface area contributed by atoms with E-state index >= 15 is 0 Å². The fraction of sp³-hybridized carbons (Fsp3) is 0.125. The number of hydrogen-bond acceptors (Lipinski definition) is 5. The lowest BCUT2D eigenvalue weighted by Gasteiger charge is -2.01. The molecule has 5 nitrogen and oxygen atoms in total. The van der Waals surface area contributed by atoms with Crippen LogP contribution in [-0.2, 0) is 0 Å². The van der Waals surface area contributed by atoms with Gasteiger partial charge in [0.15, 0.2) is 0 Å². The monoisotopic (exact) mass is 211 g/mol. The third-order valence-corrected chi connectivity index (χ3v) is 2.31. The van der Waals surface area contributed by atoms with E-state index in [9.17, 15) is 10.1 Å². The van der Waals surface area contributed by atoms with E-state index in [0.717, 1.165) is 11.9 Å². The van der Waals surface area contributed by atoms with Gasteiger partial charge >= 0.3 is 0 Å². The number of nitrogens with zero attached hydrogens (tertiary/aromatic N) is 1. The van der Waals surface area contributed by atoms with Gasteiger partial charge in [0.2, 0.25) is 0 Å². The molecule has 1 aromatic carbocycles. The maximum Gasteiger partial charge on any atom is 0.284 e. The van der Waals surface area contributed by atoms with E-state index in [0.29, 0.717) is 11.4 Å². The maximum absolute atomic E-state index is 10.6. The van der Waals surface area contributed by atoms with Crippen molar-refractivity contribution in [3.05, 3.63) is 34.4 Å². The summed E-state index contributed by atoms with van der Waals surface area (Å²) in [5.41, 5.74) is 0.0787. The highest BCUT2D eigenvalue weighted by Gasteiger charge is 2.11. The van der Waals surface area contributed by atoms with Gasteiger partial charge in [-0.1, -0.05) is 12.1 Å². The number of para-hydroxylation sites is 1. The number of nitro benzene ring substituents is 1. The lowest BCUT2D eigenvalue weighted by Crippen LogP contribution is -2.06. The second-order valence-corrected chi connectivity index (χ2v) is 3.31. The van der Waals surface area contributed by atoms with Crippen molar-refractivity contribution >= 4 is 23.8 Å². The first-order valence-electron chi connectivity index (χ1n) is 3.87. The van der Waals surface area contributed by atoms with Crippen LogP contribution < -0.4 is 4.72 Å². The molecule has 0 spiro atoms. The molecule has 0 aliphatic heterocycles. The van der Waals surface area contributed by atoms with Crippen molar-refractivity contribution in [1.29, 1.82) is 5.41 Å². The van der Waals surface area contributed by atoms with Gasteiger partial charge in [0.25, 0.3) is 5.69 Å². The Labute approximate surface area is 85.3 Å². The van der Waals surface area contributed by atoms with Gasteiger partial charge in [-0.25, -0.2) is 0 Å². The molecule has 0 amide bonds. The van der Waals surface area contributed by atoms with Gasteiger partial charge in [0.1, 0.15) is 4.90 Å². The van der Waals surface area contributed by atoms with E-state index in [1.807, 2.05) is 0 Å². The summed E-state index contributed by atoms with van der Waals surface area (Å²) in [4.78, 5) is 10.7. The van der Waals surface area contributed by atoms with Crippen LogP contribution in [0, 0.1) is 15.5 Å². The normalized spacial score (nSPS) is 9.71. The molecule has 14 heavy (non-hydrogen) atoms. The average molecular weight is 211 g/mol. The minimum Gasteiger partial charge on any atom is -0.312 e. The summed E-state index contributed by atoms with van der Waals surface area (Å²) in [6, 6.07) is 6.48. The Hall–Kier alpha value is -1.40. The van der Waals surface area contributed by atoms with Gasteiger partial charge in [-0.2, -0.15) is 0 Å². The Morgan fingerprint density at radius 2 is 2.29 bits per heavy atom. The first-order valence-corrected chi connectivity index (χ1v) is 4.69. The van der Waals surface area contributed by atoms with Crippen LogP contribution in [0.1, 0.15) is 0 Å². The molecular weight excluding hydrogens is 202 g/mol. The lowest BCUT2D eigenvalue weighted by molar-refractivity contribution is -0.387. The Bertz CT molecular complexity index is 343. The van der Waals surface area contributed by atoms with E-state index in [2.05, 4.69) is 4.72 Å². The summed E-state index contributed by atoms with van der Waals surface area (Å²) in [5.74, 6) is 0. The summed E-state index contributed by atoms with van der Waals surface area (Å²) in [5, 5.41) is 17.3. The number of nitrogens with one attached hydrogen (secondary N) is 2. The average Bonchev–Trinajstić information content (AvgIpc) is 2.19. The third-order valence-electron chi connectivity index (χ3n) is 1.43. The minimum absolute atomic E-state index is 0.0787. The summed E-state index contributed by atoms with van der Waals surface area (Å²) < 4.78 is 2.82. The molecule has 74 valence electrons. The molecule has 0 aliphatic carbocycles. The molecule has 0 aliphatic rings. The first kappa shape index (κ1) is 10.7. The van der Waals surface area contributed by atoms with Crippen LogP contribution in [0.4, 0.5) is 5.69 Å². The highest BCUT2D eigenvalue weighted by molar-refractivity contribution is 7.97. The number of nitro groups is 1. The van der Waals surface area contributed by atoms with E-state index in [1.165, 1.54) is 12.3 Å². The molecule has 1 aromatic rings. The molecular formula is C8H9N3O2S. The van der Waals surface area contributed by atoms with Crippen molar-refractivity contribution in [3.8, 4) is 0 Å². The van der Waals surface area contributed by atoms with Crippen molar-refractivity contribution in [2.75, 3.05) is 6.54 Å². The van der Waals surface area contributed by atoms with Crippen molar-refractivity contribution in [1.82, 2.24) is 4.72 Å². The molecule has 0 aromatic heterocycles. The second kappa shape index (κ2) is 5.36. The van der Waals surface area contributed by atoms with Gasteiger partial charge in [0, 0.05) is 18.8 Å². The van der Waals surface area contributed by atoms with Crippen molar-refractivity contribution in [2.24, 2.45) is 0 Å². The predicted molar refractivity (Wildman–Crippen MR) is 55.7 cm³/mol. The van der Waals surface area contributed by atoms with Crippen molar-refractivity contribution in [2.45, 2.75) is 4.90 Å². The van der Waals surface area contributed by atoms with Gasteiger partial charge < -0.3 is 5.41 Å². The van der Waals surface area contributed by atoms with Crippen LogP contribution in [0.25, 0.3) is 0 Å². The van der Waals surface area contributed by atoms with Crippen LogP contribution in [0.3, 0.4) is 0 Å². The molecule has 0 atom stereocenters. The summed E-state index contributed by atoms with van der Waals surface area (Å²) >= 11 is 1.16. The molecule has 0 saturated carbocycles. The fourth-order valence-electron chi connectivity index (χ4n) is 0.855. The molecule has 0 saturated heterocycles. The van der Waals surface area contributed by atoms with Crippen molar-refractivity contribution < 1.29 is 4.92 Å². The van der Waals surface area contributed by atoms with Crippen molar-refractivity contribution in [3.63, 3.8) is 0 Å². The molecule has 2 N–H and O–H groups in total. The van der Waals surface area contributed by atoms with E-state index in [1.54, 1.807) is 18.2 Å². The fourth-order valence-corrected chi connectivity index (χ4v) is 1.57. The Morgan fingerprint density at radius 1 is 1.57 bits per heavy atom. The van der Waals surface area contributed by atoms with Crippen LogP contribution >= 0.6 is 11.9 Å². The number of benzene rings is 1. The number of hydrogen-bond donors (Lipinski definition) is 2. The zero-order valence-corrected chi connectivity index (χ0v) is 8.08. The van der Waals surface area contributed by atoms with E-state index in [-0.39, 0.29) is 5.69 Å². The topological polar surface area (TPSA) is 79.0 Å². The number of rotatable bonds is 5. The predicted octanol–water partition coefficient (Wildman–Crippen LogP) is 1.84. The molecule has 0 bridgehead atoms. The molecule has 1 rings (SSSR count). The zero-order valence-electron chi connectivity index (χ0n) is 7.27. The van der Waals surface area contributed by atoms with Gasteiger partial charge in [-0.05, 0) is 18.0 Å². The minimum atomic E-state index is -0.422. The Morgan fingerprint density at radius 3 is 2.93 bits per heavy atom. The van der Waals surface area contributed by atoms with Gasteiger partial charge in [-0.15, -0.1) is 0 Å². The van der Waals surface area contributed by atoms with E-state index < -0.39 is 4.92 Å². The summed E-state index contributed by atoms with van der Waals surface area (Å²) in [7, 11) is 0. The smallest absolute Gasteiger partial charge is 0.284 e. The van der Waals surface area contributed by atoms with E-state index in [4.69, 9.17) is 5.41 Å². The zero-order chi connectivity index (χ0) is 10.4. The molecule has 0 radical (unpaired) electrons.